The molecule has 3 nitrogen and oxygen atoms in total. The van der Waals surface area contributed by atoms with E-state index in [4.69, 9.17) is 5.73 Å². The normalized spacial score (nSPS) is 18.9. The third kappa shape index (κ3) is 3.19. The molecule has 0 spiro atoms. The van der Waals surface area contributed by atoms with Crippen molar-refractivity contribution in [2.45, 2.75) is 32.1 Å². The van der Waals surface area contributed by atoms with Crippen molar-refractivity contribution >= 4 is 21.6 Å². The average Bonchev–Trinajstić information content (AvgIpc) is 2.39. The summed E-state index contributed by atoms with van der Waals surface area (Å²) in [6.07, 6.45) is 10.1. The van der Waals surface area contributed by atoms with E-state index in [9.17, 15) is 0 Å². The molecule has 1 heterocycles. The van der Waals surface area contributed by atoms with Gasteiger partial charge < -0.3 is 11.1 Å². The van der Waals surface area contributed by atoms with Gasteiger partial charge in [-0.15, -0.1) is 0 Å². The molecule has 17 heavy (non-hydrogen) atoms. The Balaban J connectivity index is 1.98. The number of nitrogens with one attached hydrogen (secondary N) is 1. The van der Waals surface area contributed by atoms with Gasteiger partial charge in [-0.25, -0.2) is 0 Å². The first kappa shape index (κ1) is 12.8. The summed E-state index contributed by atoms with van der Waals surface area (Å²) in [4.78, 5) is 4.07. The van der Waals surface area contributed by atoms with Gasteiger partial charge in [-0.1, -0.05) is 19.3 Å². The Bertz CT molecular complexity index is 361. The second kappa shape index (κ2) is 5.83. The molecule has 0 bridgehead atoms. The molecule has 1 fully saturated rings. The summed E-state index contributed by atoms with van der Waals surface area (Å²) < 4.78 is 1.02. The van der Waals surface area contributed by atoms with Gasteiger partial charge in [0.15, 0.2) is 0 Å². The highest BCUT2D eigenvalue weighted by Gasteiger charge is 2.30. The van der Waals surface area contributed by atoms with Gasteiger partial charge in [0.2, 0.25) is 0 Å². The number of halogens is 1. The number of aromatic nitrogens is 1. The topological polar surface area (TPSA) is 50.9 Å². The van der Waals surface area contributed by atoms with E-state index in [1.54, 1.807) is 0 Å². The zero-order chi connectivity index (χ0) is 12.1. The Hall–Kier alpha value is -0.610. The monoisotopic (exact) mass is 297 g/mol. The zero-order valence-corrected chi connectivity index (χ0v) is 11.7. The molecule has 1 aromatic heterocycles. The van der Waals surface area contributed by atoms with Crippen LogP contribution in [0.5, 0.6) is 0 Å². The zero-order valence-electron chi connectivity index (χ0n) is 10.1. The van der Waals surface area contributed by atoms with Crippen molar-refractivity contribution in [1.82, 2.24) is 4.98 Å². The molecule has 1 saturated carbocycles. The minimum atomic E-state index is 0.293. The van der Waals surface area contributed by atoms with Gasteiger partial charge >= 0.3 is 0 Å². The van der Waals surface area contributed by atoms with Crippen LogP contribution in [0.4, 0.5) is 5.69 Å². The maximum atomic E-state index is 5.98. The Labute approximate surface area is 111 Å². The molecule has 0 amide bonds. The number of pyridine rings is 1. The molecule has 94 valence electrons. The van der Waals surface area contributed by atoms with Crippen LogP contribution in [0.15, 0.2) is 22.9 Å². The molecule has 1 aliphatic rings. The standard InChI is InChI=1S/C13H20BrN3/c14-11-8-16-7-4-12(11)17-10-13(9-15)5-2-1-3-6-13/h4,7-8H,1-3,5-6,9-10,15H2,(H,16,17). The van der Waals surface area contributed by atoms with E-state index >= 15 is 0 Å². The number of rotatable bonds is 4. The fourth-order valence-electron chi connectivity index (χ4n) is 2.56. The van der Waals surface area contributed by atoms with Gasteiger partial charge in [-0.2, -0.15) is 0 Å². The van der Waals surface area contributed by atoms with Gasteiger partial charge in [0.1, 0.15) is 0 Å². The number of nitrogens with two attached hydrogens (primary N) is 1. The van der Waals surface area contributed by atoms with E-state index in [1.807, 2.05) is 18.5 Å². The lowest BCUT2D eigenvalue weighted by atomic mass is 9.74. The highest BCUT2D eigenvalue weighted by Crippen LogP contribution is 2.36. The van der Waals surface area contributed by atoms with Crippen LogP contribution in [0, 0.1) is 5.41 Å². The molecular formula is C13H20BrN3. The Morgan fingerprint density at radius 1 is 1.35 bits per heavy atom. The molecule has 3 N–H and O–H groups in total. The summed E-state index contributed by atoms with van der Waals surface area (Å²) >= 11 is 3.50. The smallest absolute Gasteiger partial charge is 0.0590 e. The summed E-state index contributed by atoms with van der Waals surface area (Å²) in [5.74, 6) is 0. The van der Waals surface area contributed by atoms with Gasteiger partial charge in [0.25, 0.3) is 0 Å². The number of nitrogens with zero attached hydrogens (tertiary/aromatic N) is 1. The van der Waals surface area contributed by atoms with Crippen LogP contribution in [0.25, 0.3) is 0 Å². The first-order chi connectivity index (χ1) is 8.26. The summed E-state index contributed by atoms with van der Waals surface area (Å²) in [5.41, 5.74) is 7.38. The SMILES string of the molecule is NCC1(CNc2ccncc2Br)CCCCC1. The van der Waals surface area contributed by atoms with E-state index in [2.05, 4.69) is 26.2 Å². The maximum Gasteiger partial charge on any atom is 0.0590 e. The minimum absolute atomic E-state index is 0.293. The van der Waals surface area contributed by atoms with Crippen molar-refractivity contribution < 1.29 is 0 Å². The number of hydrogen-bond acceptors (Lipinski definition) is 3. The average molecular weight is 298 g/mol. The number of anilines is 1. The molecule has 1 aromatic rings. The Morgan fingerprint density at radius 2 is 2.12 bits per heavy atom. The first-order valence-electron chi connectivity index (χ1n) is 6.29. The molecule has 1 aliphatic carbocycles. The van der Waals surface area contributed by atoms with E-state index in [0.717, 1.165) is 23.2 Å². The lowest BCUT2D eigenvalue weighted by molar-refractivity contribution is 0.215. The summed E-state index contributed by atoms with van der Waals surface area (Å²) in [5, 5.41) is 3.51. The largest absolute Gasteiger partial charge is 0.383 e. The van der Waals surface area contributed by atoms with E-state index in [1.165, 1.54) is 32.1 Å². The van der Waals surface area contributed by atoms with Crippen molar-refractivity contribution in [1.29, 1.82) is 0 Å². The molecule has 2 rings (SSSR count). The van der Waals surface area contributed by atoms with Crippen LogP contribution < -0.4 is 11.1 Å². The molecule has 0 atom stereocenters. The predicted octanol–water partition coefficient (Wildman–Crippen LogP) is 3.17. The van der Waals surface area contributed by atoms with Crippen LogP contribution in [-0.2, 0) is 0 Å². The minimum Gasteiger partial charge on any atom is -0.383 e. The molecule has 0 aliphatic heterocycles. The van der Waals surface area contributed by atoms with Crippen molar-refractivity contribution in [3.63, 3.8) is 0 Å². The second-order valence-electron chi connectivity index (χ2n) is 4.97. The van der Waals surface area contributed by atoms with Gasteiger partial charge in [-0.05, 0) is 46.8 Å². The summed E-state index contributed by atoms with van der Waals surface area (Å²) in [7, 11) is 0. The van der Waals surface area contributed by atoms with Crippen LogP contribution in [0.3, 0.4) is 0 Å². The fourth-order valence-corrected chi connectivity index (χ4v) is 2.95. The van der Waals surface area contributed by atoms with Crippen molar-refractivity contribution in [2.24, 2.45) is 11.1 Å². The maximum absolute atomic E-state index is 5.98. The van der Waals surface area contributed by atoms with Crippen molar-refractivity contribution in [3.8, 4) is 0 Å². The molecule has 0 unspecified atom stereocenters. The fraction of sp³-hybridized carbons (Fsp3) is 0.615. The van der Waals surface area contributed by atoms with Crippen LogP contribution in [-0.4, -0.2) is 18.1 Å². The van der Waals surface area contributed by atoms with E-state index in [-0.39, 0.29) is 0 Å². The van der Waals surface area contributed by atoms with E-state index < -0.39 is 0 Å². The van der Waals surface area contributed by atoms with Crippen LogP contribution in [0.2, 0.25) is 0 Å². The molecule has 4 heteroatoms. The lowest BCUT2D eigenvalue weighted by Crippen LogP contribution is -2.39. The third-order valence-corrected chi connectivity index (χ3v) is 4.41. The highest BCUT2D eigenvalue weighted by molar-refractivity contribution is 9.10. The second-order valence-corrected chi connectivity index (χ2v) is 5.83. The quantitative estimate of drug-likeness (QED) is 0.897. The van der Waals surface area contributed by atoms with Crippen LogP contribution >= 0.6 is 15.9 Å². The van der Waals surface area contributed by atoms with Crippen molar-refractivity contribution in [3.05, 3.63) is 22.9 Å². The molecule has 0 radical (unpaired) electrons. The third-order valence-electron chi connectivity index (χ3n) is 3.77. The van der Waals surface area contributed by atoms with E-state index in [0.29, 0.717) is 5.41 Å². The summed E-state index contributed by atoms with van der Waals surface area (Å²) in [6.45, 7) is 1.74. The first-order valence-corrected chi connectivity index (χ1v) is 7.09. The van der Waals surface area contributed by atoms with Crippen LogP contribution in [0.1, 0.15) is 32.1 Å². The van der Waals surface area contributed by atoms with Gasteiger partial charge in [-0.3, -0.25) is 4.98 Å². The Morgan fingerprint density at radius 3 is 2.76 bits per heavy atom. The lowest BCUT2D eigenvalue weighted by Gasteiger charge is -2.36. The van der Waals surface area contributed by atoms with Gasteiger partial charge in [0, 0.05) is 18.9 Å². The summed E-state index contributed by atoms with van der Waals surface area (Å²) in [6, 6.07) is 2.00. The molecule has 0 saturated heterocycles. The number of hydrogen-bond donors (Lipinski definition) is 2. The molecular weight excluding hydrogens is 278 g/mol. The highest BCUT2D eigenvalue weighted by atomic mass is 79.9. The predicted molar refractivity (Wildman–Crippen MR) is 75.0 cm³/mol. The molecule has 0 aromatic carbocycles. The van der Waals surface area contributed by atoms with Crippen molar-refractivity contribution in [2.75, 3.05) is 18.4 Å². The Kier molecular flexibility index (Phi) is 4.40. The van der Waals surface area contributed by atoms with Gasteiger partial charge in [0.05, 0.1) is 10.2 Å².